The normalized spacial score (nSPS) is 12.0. The van der Waals surface area contributed by atoms with Crippen LogP contribution in [0.4, 0.5) is 5.69 Å². The zero-order chi connectivity index (χ0) is 20.0. The van der Waals surface area contributed by atoms with Gasteiger partial charge in [-0.2, -0.15) is 0 Å². The van der Waals surface area contributed by atoms with Gasteiger partial charge in [0.1, 0.15) is 17.9 Å². The van der Waals surface area contributed by atoms with Gasteiger partial charge in [-0.15, -0.1) is 15.3 Å². The number of rotatable bonds is 6. The molecule has 0 aliphatic heterocycles. The van der Waals surface area contributed by atoms with Crippen molar-refractivity contribution >= 4 is 17.6 Å². The average Bonchev–Trinajstić information content (AvgIpc) is 3.08. The third-order valence-electron chi connectivity index (χ3n) is 3.52. The van der Waals surface area contributed by atoms with Crippen LogP contribution in [0.5, 0.6) is 0 Å². The summed E-state index contributed by atoms with van der Waals surface area (Å²) < 4.78 is 10.6. The van der Waals surface area contributed by atoms with Crippen LogP contribution in [-0.4, -0.2) is 51.2 Å². The first-order valence-electron chi connectivity index (χ1n) is 7.68. The molecular weight excluding hydrogens is 356 g/mol. The van der Waals surface area contributed by atoms with Crippen LogP contribution in [0.15, 0.2) is 40.1 Å². The van der Waals surface area contributed by atoms with E-state index in [-0.39, 0.29) is 0 Å². The molecule has 0 aromatic carbocycles. The van der Waals surface area contributed by atoms with Gasteiger partial charge in [-0.3, -0.25) is 9.78 Å². The standard InChI is InChI=1S/C16H18N6O5/c1-9-11(12-8-18-21-22(12)2)5-10(7-17-9)19-20-15(16(25)27-4)13(23)6-14(24)26-3/h5,7-8,23H,6H2,1-4H3. The number of ether oxygens (including phenoxy) is 2. The van der Waals surface area contributed by atoms with Gasteiger partial charge in [-0.1, -0.05) is 5.21 Å². The van der Waals surface area contributed by atoms with Crippen LogP contribution in [-0.2, 0) is 26.1 Å². The minimum Gasteiger partial charge on any atom is -0.509 e. The highest BCUT2D eigenvalue weighted by molar-refractivity contribution is 5.89. The van der Waals surface area contributed by atoms with E-state index in [1.54, 1.807) is 24.0 Å². The van der Waals surface area contributed by atoms with E-state index in [0.717, 1.165) is 25.5 Å². The van der Waals surface area contributed by atoms with Crippen LogP contribution in [0.1, 0.15) is 12.1 Å². The third-order valence-corrected chi connectivity index (χ3v) is 3.52. The number of carbonyl (C=O) groups is 2. The first kappa shape index (κ1) is 19.7. The summed E-state index contributed by atoms with van der Waals surface area (Å²) in [5, 5.41) is 25.3. The Morgan fingerprint density at radius 3 is 2.59 bits per heavy atom. The topological polar surface area (TPSA) is 141 Å². The van der Waals surface area contributed by atoms with E-state index >= 15 is 0 Å². The molecule has 2 aromatic rings. The van der Waals surface area contributed by atoms with Gasteiger partial charge in [-0.25, -0.2) is 9.48 Å². The molecule has 0 fully saturated rings. The van der Waals surface area contributed by atoms with Gasteiger partial charge in [-0.05, 0) is 13.0 Å². The molecule has 11 nitrogen and oxygen atoms in total. The van der Waals surface area contributed by atoms with E-state index in [0.29, 0.717) is 11.4 Å². The maximum Gasteiger partial charge on any atom is 0.362 e. The molecule has 0 amide bonds. The monoisotopic (exact) mass is 374 g/mol. The summed E-state index contributed by atoms with van der Waals surface area (Å²) in [6.07, 6.45) is 2.48. The minimum absolute atomic E-state index is 0.309. The molecule has 2 rings (SSSR count). The van der Waals surface area contributed by atoms with Crippen molar-refractivity contribution in [3.8, 4) is 11.3 Å². The number of aromatic nitrogens is 4. The summed E-state index contributed by atoms with van der Waals surface area (Å²) in [6.45, 7) is 1.81. The van der Waals surface area contributed by atoms with Crippen LogP contribution >= 0.6 is 0 Å². The largest absolute Gasteiger partial charge is 0.509 e. The Hall–Kier alpha value is -3.63. The second-order valence-corrected chi connectivity index (χ2v) is 5.31. The molecule has 0 aliphatic carbocycles. The number of nitrogens with zero attached hydrogens (tertiary/aromatic N) is 6. The number of carbonyl (C=O) groups excluding carboxylic acids is 2. The van der Waals surface area contributed by atoms with E-state index in [1.807, 2.05) is 6.92 Å². The summed E-state index contributed by atoms with van der Waals surface area (Å²) in [5.41, 5.74) is 1.96. The zero-order valence-corrected chi connectivity index (χ0v) is 15.2. The molecule has 0 spiro atoms. The molecular formula is C16H18N6O5. The Morgan fingerprint density at radius 2 is 2.00 bits per heavy atom. The van der Waals surface area contributed by atoms with Crippen LogP contribution in [0.3, 0.4) is 0 Å². The maximum atomic E-state index is 11.8. The van der Waals surface area contributed by atoms with Crippen molar-refractivity contribution in [3.63, 3.8) is 0 Å². The Labute approximate surface area is 154 Å². The Kier molecular flexibility index (Phi) is 6.31. The van der Waals surface area contributed by atoms with Crippen molar-refractivity contribution in [2.24, 2.45) is 17.3 Å². The second-order valence-electron chi connectivity index (χ2n) is 5.31. The lowest BCUT2D eigenvalue weighted by Crippen LogP contribution is -2.09. The number of hydrogen-bond donors (Lipinski definition) is 1. The molecule has 0 bridgehead atoms. The molecule has 11 heteroatoms. The Balaban J connectivity index is 2.39. The number of esters is 2. The summed E-state index contributed by atoms with van der Waals surface area (Å²) in [5.74, 6) is -2.31. The number of hydrogen-bond acceptors (Lipinski definition) is 10. The van der Waals surface area contributed by atoms with Crippen molar-refractivity contribution in [3.05, 3.63) is 35.6 Å². The van der Waals surface area contributed by atoms with Gasteiger partial charge in [0.15, 0.2) is 0 Å². The van der Waals surface area contributed by atoms with Crippen molar-refractivity contribution in [2.75, 3.05) is 14.2 Å². The molecule has 0 aliphatic rings. The molecule has 0 radical (unpaired) electrons. The highest BCUT2D eigenvalue weighted by Gasteiger charge is 2.19. The first-order valence-corrected chi connectivity index (χ1v) is 7.68. The number of methoxy groups -OCH3 is 2. The van der Waals surface area contributed by atoms with Crippen LogP contribution in [0.25, 0.3) is 11.3 Å². The molecule has 0 unspecified atom stereocenters. The van der Waals surface area contributed by atoms with Crippen LogP contribution in [0.2, 0.25) is 0 Å². The van der Waals surface area contributed by atoms with E-state index in [4.69, 9.17) is 0 Å². The lowest BCUT2D eigenvalue weighted by atomic mass is 10.1. The quantitative estimate of drug-likeness (QED) is 0.349. The number of pyridine rings is 1. The van der Waals surface area contributed by atoms with Crippen molar-refractivity contribution < 1.29 is 24.2 Å². The molecule has 27 heavy (non-hydrogen) atoms. The van der Waals surface area contributed by atoms with E-state index in [2.05, 4.69) is 35.0 Å². The van der Waals surface area contributed by atoms with E-state index in [1.165, 1.54) is 6.20 Å². The molecule has 142 valence electrons. The minimum atomic E-state index is -0.948. The van der Waals surface area contributed by atoms with Crippen LogP contribution in [0, 0.1) is 6.92 Å². The SMILES string of the molecule is COC(=O)CC(O)=C(N=Nc1cnc(C)c(-c2cnnn2C)c1)C(=O)OC. The summed E-state index contributed by atoms with van der Waals surface area (Å²) in [7, 11) is 4.00. The first-order chi connectivity index (χ1) is 12.9. The van der Waals surface area contributed by atoms with E-state index < -0.39 is 29.8 Å². The predicted octanol–water partition coefficient (Wildman–Crippen LogP) is 1.77. The number of aliphatic hydroxyl groups is 1. The van der Waals surface area contributed by atoms with Crippen molar-refractivity contribution in [1.29, 1.82) is 0 Å². The van der Waals surface area contributed by atoms with Crippen molar-refractivity contribution in [2.45, 2.75) is 13.3 Å². The van der Waals surface area contributed by atoms with Gasteiger partial charge in [0, 0.05) is 18.3 Å². The fraction of sp³-hybridized carbons (Fsp3) is 0.312. The van der Waals surface area contributed by atoms with Gasteiger partial charge >= 0.3 is 11.9 Å². The Morgan fingerprint density at radius 1 is 1.26 bits per heavy atom. The summed E-state index contributed by atoms with van der Waals surface area (Å²) in [6, 6.07) is 1.68. The summed E-state index contributed by atoms with van der Waals surface area (Å²) >= 11 is 0. The van der Waals surface area contributed by atoms with Crippen LogP contribution < -0.4 is 0 Å². The van der Waals surface area contributed by atoms with Gasteiger partial charge in [0.25, 0.3) is 0 Å². The van der Waals surface area contributed by atoms with E-state index in [9.17, 15) is 14.7 Å². The van der Waals surface area contributed by atoms with Gasteiger partial charge in [0.05, 0.1) is 32.3 Å². The second kappa shape index (κ2) is 8.65. The highest BCUT2D eigenvalue weighted by Crippen LogP contribution is 2.26. The number of azo groups is 1. The third kappa shape index (κ3) is 4.71. The van der Waals surface area contributed by atoms with Gasteiger partial charge in [0.2, 0.25) is 5.70 Å². The fourth-order valence-corrected chi connectivity index (χ4v) is 2.08. The van der Waals surface area contributed by atoms with Gasteiger partial charge < -0.3 is 14.6 Å². The number of aliphatic hydroxyl groups excluding tert-OH is 1. The molecule has 2 aromatic heterocycles. The molecule has 2 heterocycles. The lowest BCUT2D eigenvalue weighted by molar-refractivity contribution is -0.140. The lowest BCUT2D eigenvalue weighted by Gasteiger charge is -2.06. The fourth-order valence-electron chi connectivity index (χ4n) is 2.08. The molecule has 1 N–H and O–H groups in total. The highest BCUT2D eigenvalue weighted by atomic mass is 16.5. The molecule has 0 saturated carbocycles. The molecule has 0 atom stereocenters. The Bertz CT molecular complexity index is 918. The average molecular weight is 374 g/mol. The smallest absolute Gasteiger partial charge is 0.362 e. The van der Waals surface area contributed by atoms with Crippen molar-refractivity contribution in [1.82, 2.24) is 20.0 Å². The summed E-state index contributed by atoms with van der Waals surface area (Å²) in [4.78, 5) is 27.3. The number of aryl methyl sites for hydroxylation is 2. The predicted molar refractivity (Wildman–Crippen MR) is 91.8 cm³/mol. The molecule has 0 saturated heterocycles. The maximum absolute atomic E-state index is 11.8. The zero-order valence-electron chi connectivity index (χ0n) is 15.2.